The van der Waals surface area contributed by atoms with Crippen molar-refractivity contribution in [2.24, 2.45) is 5.92 Å². The Morgan fingerprint density at radius 2 is 2.05 bits per heavy atom. The van der Waals surface area contributed by atoms with Gasteiger partial charge in [0, 0.05) is 26.4 Å². The van der Waals surface area contributed by atoms with Crippen molar-refractivity contribution < 1.29 is 19.5 Å². The first kappa shape index (κ1) is 16.8. The molecule has 2 amide bonds. The minimum atomic E-state index is -0.803. The summed E-state index contributed by atoms with van der Waals surface area (Å²) in [5.41, 5.74) is 0.391. The van der Waals surface area contributed by atoms with Gasteiger partial charge >= 0.3 is 5.97 Å². The lowest BCUT2D eigenvalue weighted by Gasteiger charge is -2.31. The number of carbonyl (C=O) groups is 3. The van der Waals surface area contributed by atoms with E-state index in [9.17, 15) is 14.4 Å². The number of piperidine rings is 1. The highest BCUT2D eigenvalue weighted by molar-refractivity contribution is 7.20. The summed E-state index contributed by atoms with van der Waals surface area (Å²) >= 11 is 7.10. The van der Waals surface area contributed by atoms with Gasteiger partial charge in [0.1, 0.15) is 5.00 Å². The van der Waals surface area contributed by atoms with Crippen molar-refractivity contribution in [3.63, 3.8) is 0 Å². The SMILES string of the molecule is CC(=O)Nc1sc(Cl)cc1C(=O)N1CCC(CC(=O)O)CC1. The summed E-state index contributed by atoms with van der Waals surface area (Å²) in [5, 5.41) is 11.9. The fraction of sp³-hybridized carbons (Fsp3) is 0.500. The van der Waals surface area contributed by atoms with E-state index in [0.29, 0.717) is 40.8 Å². The minimum absolute atomic E-state index is 0.113. The van der Waals surface area contributed by atoms with Crippen molar-refractivity contribution in [2.45, 2.75) is 26.2 Å². The van der Waals surface area contributed by atoms with Crippen LogP contribution in [0.5, 0.6) is 0 Å². The lowest BCUT2D eigenvalue weighted by atomic mass is 9.93. The molecule has 22 heavy (non-hydrogen) atoms. The molecule has 2 heterocycles. The number of hydrogen-bond donors (Lipinski definition) is 2. The number of amides is 2. The third kappa shape index (κ3) is 4.20. The Kier molecular flexibility index (Phi) is 5.42. The van der Waals surface area contributed by atoms with Gasteiger partial charge < -0.3 is 15.3 Å². The molecule has 1 saturated heterocycles. The summed E-state index contributed by atoms with van der Waals surface area (Å²) in [6.07, 6.45) is 1.49. The number of nitrogens with one attached hydrogen (secondary N) is 1. The molecule has 1 aliphatic rings. The molecule has 0 saturated carbocycles. The monoisotopic (exact) mass is 344 g/mol. The first-order valence-corrected chi connectivity index (χ1v) is 8.14. The topological polar surface area (TPSA) is 86.7 Å². The Morgan fingerprint density at radius 1 is 1.41 bits per heavy atom. The molecule has 0 unspecified atom stereocenters. The largest absolute Gasteiger partial charge is 0.481 e. The van der Waals surface area contributed by atoms with Gasteiger partial charge in [-0.3, -0.25) is 14.4 Å². The number of halogens is 1. The van der Waals surface area contributed by atoms with Crippen LogP contribution >= 0.6 is 22.9 Å². The summed E-state index contributed by atoms with van der Waals surface area (Å²) < 4.78 is 0.438. The predicted octanol–water partition coefficient (Wildman–Crippen LogP) is 2.69. The summed E-state index contributed by atoms with van der Waals surface area (Å²) in [4.78, 5) is 36.1. The predicted molar refractivity (Wildman–Crippen MR) is 84.5 cm³/mol. The van der Waals surface area contributed by atoms with Gasteiger partial charge in [0.25, 0.3) is 5.91 Å². The van der Waals surface area contributed by atoms with Crippen LogP contribution in [0, 0.1) is 5.92 Å². The number of thiophene rings is 1. The maximum absolute atomic E-state index is 12.6. The summed E-state index contributed by atoms with van der Waals surface area (Å²) in [7, 11) is 0. The number of rotatable bonds is 4. The van der Waals surface area contributed by atoms with Crippen LogP contribution in [0.3, 0.4) is 0 Å². The van der Waals surface area contributed by atoms with Crippen molar-refractivity contribution in [1.29, 1.82) is 0 Å². The molecule has 0 atom stereocenters. The van der Waals surface area contributed by atoms with Crippen LogP contribution in [0.25, 0.3) is 0 Å². The lowest BCUT2D eigenvalue weighted by molar-refractivity contribution is -0.138. The van der Waals surface area contributed by atoms with Gasteiger partial charge in [-0.05, 0) is 24.8 Å². The van der Waals surface area contributed by atoms with Crippen LogP contribution < -0.4 is 5.32 Å². The molecule has 8 heteroatoms. The van der Waals surface area contributed by atoms with Crippen LogP contribution in [-0.2, 0) is 9.59 Å². The van der Waals surface area contributed by atoms with Crippen molar-refractivity contribution >= 4 is 45.7 Å². The van der Waals surface area contributed by atoms with Crippen LogP contribution in [0.2, 0.25) is 4.34 Å². The number of aliphatic carboxylic acids is 1. The van der Waals surface area contributed by atoms with E-state index in [1.54, 1.807) is 11.0 Å². The number of carbonyl (C=O) groups excluding carboxylic acids is 2. The van der Waals surface area contributed by atoms with Crippen molar-refractivity contribution in [3.05, 3.63) is 16.0 Å². The molecule has 2 N–H and O–H groups in total. The minimum Gasteiger partial charge on any atom is -0.481 e. The molecule has 2 rings (SSSR count). The van der Waals surface area contributed by atoms with Gasteiger partial charge in [0.2, 0.25) is 5.91 Å². The Balaban J connectivity index is 2.04. The zero-order valence-corrected chi connectivity index (χ0v) is 13.7. The Labute approximate surface area is 137 Å². The second kappa shape index (κ2) is 7.11. The molecule has 1 aliphatic heterocycles. The molecule has 1 aromatic rings. The van der Waals surface area contributed by atoms with E-state index in [1.807, 2.05) is 0 Å². The van der Waals surface area contributed by atoms with Crippen molar-refractivity contribution in [1.82, 2.24) is 4.90 Å². The maximum atomic E-state index is 12.6. The molecule has 0 aliphatic carbocycles. The number of carboxylic acids is 1. The average Bonchev–Trinajstić information content (AvgIpc) is 2.78. The summed E-state index contributed by atoms with van der Waals surface area (Å²) in [6.45, 7) is 2.41. The highest BCUT2D eigenvalue weighted by Crippen LogP contribution is 2.33. The number of anilines is 1. The molecule has 0 radical (unpaired) electrons. The van der Waals surface area contributed by atoms with Crippen molar-refractivity contribution in [3.8, 4) is 0 Å². The quantitative estimate of drug-likeness (QED) is 0.879. The molecular formula is C14H17ClN2O4S. The molecule has 1 fully saturated rings. The maximum Gasteiger partial charge on any atom is 0.303 e. The molecule has 0 spiro atoms. The van der Waals surface area contributed by atoms with E-state index in [2.05, 4.69) is 5.32 Å². The molecule has 6 nitrogen and oxygen atoms in total. The highest BCUT2D eigenvalue weighted by atomic mass is 35.5. The average molecular weight is 345 g/mol. The molecule has 1 aromatic heterocycles. The van der Waals surface area contributed by atoms with Crippen LogP contribution in [0.15, 0.2) is 6.07 Å². The van der Waals surface area contributed by atoms with Gasteiger partial charge in [0.05, 0.1) is 9.90 Å². The molecular weight excluding hydrogens is 328 g/mol. The van der Waals surface area contributed by atoms with E-state index < -0.39 is 5.97 Å². The van der Waals surface area contributed by atoms with E-state index in [4.69, 9.17) is 16.7 Å². The lowest BCUT2D eigenvalue weighted by Crippen LogP contribution is -2.39. The van der Waals surface area contributed by atoms with Gasteiger partial charge in [-0.25, -0.2) is 0 Å². The van der Waals surface area contributed by atoms with Crippen LogP contribution in [0.4, 0.5) is 5.00 Å². The van der Waals surface area contributed by atoms with E-state index >= 15 is 0 Å². The molecule has 120 valence electrons. The summed E-state index contributed by atoms with van der Waals surface area (Å²) in [6, 6.07) is 1.56. The number of likely N-dealkylation sites (tertiary alicyclic amines) is 1. The smallest absolute Gasteiger partial charge is 0.303 e. The second-order valence-electron chi connectivity index (χ2n) is 5.31. The number of hydrogen-bond acceptors (Lipinski definition) is 4. The van der Waals surface area contributed by atoms with Gasteiger partial charge in [-0.15, -0.1) is 11.3 Å². The van der Waals surface area contributed by atoms with Crippen molar-refractivity contribution in [2.75, 3.05) is 18.4 Å². The van der Waals surface area contributed by atoms with E-state index in [0.717, 1.165) is 11.3 Å². The zero-order chi connectivity index (χ0) is 16.3. The summed E-state index contributed by atoms with van der Waals surface area (Å²) in [5.74, 6) is -1.13. The zero-order valence-electron chi connectivity index (χ0n) is 12.1. The standard InChI is InChI=1S/C14H17ClN2O4S/c1-8(18)16-13-10(7-11(15)22-13)14(21)17-4-2-9(3-5-17)6-12(19)20/h7,9H,2-6H2,1H3,(H,16,18)(H,19,20). The number of carboxylic acid groups (broad SMARTS) is 1. The first-order valence-electron chi connectivity index (χ1n) is 6.94. The van der Waals surface area contributed by atoms with Gasteiger partial charge in [-0.1, -0.05) is 11.6 Å². The van der Waals surface area contributed by atoms with E-state index in [-0.39, 0.29) is 24.2 Å². The van der Waals surface area contributed by atoms with Crippen LogP contribution in [0.1, 0.15) is 36.5 Å². The van der Waals surface area contributed by atoms with E-state index in [1.165, 1.54) is 6.92 Å². The molecule has 0 bridgehead atoms. The molecule has 0 aromatic carbocycles. The Morgan fingerprint density at radius 3 is 2.59 bits per heavy atom. The van der Waals surface area contributed by atoms with Gasteiger partial charge in [-0.2, -0.15) is 0 Å². The number of nitrogens with zero attached hydrogens (tertiary/aromatic N) is 1. The van der Waals surface area contributed by atoms with Gasteiger partial charge in [0.15, 0.2) is 0 Å². The fourth-order valence-corrected chi connectivity index (χ4v) is 3.69. The normalized spacial score (nSPS) is 15.6. The highest BCUT2D eigenvalue weighted by Gasteiger charge is 2.27. The third-order valence-corrected chi connectivity index (χ3v) is 4.77. The third-order valence-electron chi connectivity index (χ3n) is 3.59. The Hall–Kier alpha value is -1.60. The first-order chi connectivity index (χ1) is 10.4. The fourth-order valence-electron chi connectivity index (χ4n) is 2.53. The van der Waals surface area contributed by atoms with Crippen LogP contribution in [-0.4, -0.2) is 40.9 Å². The Bertz CT molecular complexity index is 594. The second-order valence-corrected chi connectivity index (χ2v) is 6.99.